The van der Waals surface area contributed by atoms with Crippen LogP contribution in [-0.2, 0) is 20.7 Å². The molecule has 0 bridgehead atoms. The van der Waals surface area contributed by atoms with E-state index >= 15 is 0 Å². The van der Waals surface area contributed by atoms with Crippen molar-refractivity contribution in [3.8, 4) is 11.1 Å². The minimum atomic E-state index is -1.12. The highest BCUT2D eigenvalue weighted by Crippen LogP contribution is 2.44. The van der Waals surface area contributed by atoms with Crippen LogP contribution < -0.4 is 5.32 Å². The zero-order chi connectivity index (χ0) is 24.9. The van der Waals surface area contributed by atoms with Gasteiger partial charge in [0.15, 0.2) is 0 Å². The third kappa shape index (κ3) is 5.19. The maximum Gasteiger partial charge on any atom is 0.407 e. The van der Waals surface area contributed by atoms with Gasteiger partial charge in [-0.05, 0) is 34.7 Å². The average Bonchev–Trinajstić information content (AvgIpc) is 3.20. The average molecular weight is 473 g/mol. The second-order valence-corrected chi connectivity index (χ2v) is 8.68. The summed E-state index contributed by atoms with van der Waals surface area (Å²) in [4.78, 5) is 38.5. The summed E-state index contributed by atoms with van der Waals surface area (Å²) in [5, 5.41) is 12.0. The molecule has 2 amide bonds. The van der Waals surface area contributed by atoms with Gasteiger partial charge < -0.3 is 20.1 Å². The molecule has 2 N–H and O–H groups in total. The second kappa shape index (κ2) is 10.4. The van der Waals surface area contributed by atoms with E-state index in [1.165, 1.54) is 14.0 Å². The molecule has 0 fully saturated rings. The number of carboxylic acids is 1. The van der Waals surface area contributed by atoms with Gasteiger partial charge in [0.1, 0.15) is 18.7 Å². The van der Waals surface area contributed by atoms with Crippen LogP contribution in [0.5, 0.6) is 0 Å². The summed E-state index contributed by atoms with van der Waals surface area (Å²) in [7, 11) is 1.42. The Morgan fingerprint density at radius 1 is 0.914 bits per heavy atom. The highest BCUT2D eigenvalue weighted by atomic mass is 16.5. The maximum atomic E-state index is 13.1. The minimum absolute atomic E-state index is 0.105. The van der Waals surface area contributed by atoms with Crippen molar-refractivity contribution in [2.45, 2.75) is 31.3 Å². The number of fused-ring (bicyclic) bond motifs is 3. The molecular weight excluding hydrogens is 444 g/mol. The fourth-order valence-corrected chi connectivity index (χ4v) is 4.43. The minimum Gasteiger partial charge on any atom is -0.480 e. The van der Waals surface area contributed by atoms with Gasteiger partial charge in [0.25, 0.3) is 0 Å². The molecule has 2 unspecified atom stereocenters. The Morgan fingerprint density at radius 2 is 1.46 bits per heavy atom. The first kappa shape index (κ1) is 24.0. The van der Waals surface area contributed by atoms with Gasteiger partial charge in [-0.2, -0.15) is 0 Å². The number of rotatable bonds is 8. The smallest absolute Gasteiger partial charge is 0.407 e. The molecule has 2 atom stereocenters. The Kier molecular flexibility index (Phi) is 7.15. The summed E-state index contributed by atoms with van der Waals surface area (Å²) >= 11 is 0. The lowest BCUT2D eigenvalue weighted by Crippen LogP contribution is -2.52. The predicted octanol–water partition coefficient (Wildman–Crippen LogP) is 4.07. The van der Waals surface area contributed by atoms with Crippen molar-refractivity contribution in [2.24, 2.45) is 0 Å². The topological polar surface area (TPSA) is 95.9 Å². The van der Waals surface area contributed by atoms with E-state index in [1.807, 2.05) is 66.7 Å². The second-order valence-electron chi connectivity index (χ2n) is 8.68. The van der Waals surface area contributed by atoms with E-state index < -0.39 is 30.1 Å². The van der Waals surface area contributed by atoms with Gasteiger partial charge in [0, 0.05) is 19.4 Å². The lowest BCUT2D eigenvalue weighted by atomic mass is 9.98. The van der Waals surface area contributed by atoms with Crippen molar-refractivity contribution >= 4 is 18.0 Å². The Bertz CT molecular complexity index is 1180. The molecule has 7 nitrogen and oxygen atoms in total. The number of carbonyl (C=O) groups is 3. The van der Waals surface area contributed by atoms with Crippen molar-refractivity contribution in [1.82, 2.24) is 10.2 Å². The molecule has 3 aromatic carbocycles. The molecule has 35 heavy (non-hydrogen) atoms. The van der Waals surface area contributed by atoms with Crippen LogP contribution in [0.2, 0.25) is 0 Å². The summed E-state index contributed by atoms with van der Waals surface area (Å²) in [5.74, 6) is -1.73. The molecule has 3 aromatic rings. The van der Waals surface area contributed by atoms with Crippen LogP contribution in [-0.4, -0.2) is 53.7 Å². The summed E-state index contributed by atoms with van der Waals surface area (Å²) in [5.41, 5.74) is 5.26. The summed E-state index contributed by atoms with van der Waals surface area (Å²) in [6.07, 6.45) is -0.516. The number of ether oxygens (including phenoxy) is 1. The number of carbonyl (C=O) groups excluding carboxylic acids is 2. The van der Waals surface area contributed by atoms with Crippen LogP contribution in [0.1, 0.15) is 29.5 Å². The van der Waals surface area contributed by atoms with E-state index in [9.17, 15) is 19.5 Å². The molecule has 0 aromatic heterocycles. The van der Waals surface area contributed by atoms with Crippen LogP contribution in [0.15, 0.2) is 78.9 Å². The Balaban J connectivity index is 1.48. The van der Waals surface area contributed by atoms with Gasteiger partial charge in [-0.15, -0.1) is 0 Å². The number of carboxylic acid groups (broad SMARTS) is 1. The molecule has 7 heteroatoms. The number of hydrogen-bond acceptors (Lipinski definition) is 4. The summed E-state index contributed by atoms with van der Waals surface area (Å²) in [6, 6.07) is 23.3. The molecule has 1 aliphatic carbocycles. The molecule has 0 aliphatic heterocycles. The third-order valence-corrected chi connectivity index (χ3v) is 6.50. The fourth-order valence-electron chi connectivity index (χ4n) is 4.43. The first-order chi connectivity index (χ1) is 16.9. The van der Waals surface area contributed by atoms with Gasteiger partial charge in [0.2, 0.25) is 5.91 Å². The standard InChI is InChI=1S/C28H28N2O5/c1-18(27(32)33)30(2)26(31)25(16-19-10-4-3-5-11-19)29-28(34)35-17-24-22-14-8-6-12-20(22)21-13-7-9-15-23(21)24/h3-15,18,24-25H,16-17H2,1-2H3,(H,29,34)(H,32,33). The lowest BCUT2D eigenvalue weighted by molar-refractivity contribution is -0.148. The first-order valence-corrected chi connectivity index (χ1v) is 11.5. The van der Waals surface area contributed by atoms with Crippen LogP contribution in [0.25, 0.3) is 11.1 Å². The third-order valence-electron chi connectivity index (χ3n) is 6.50. The number of aliphatic carboxylic acids is 1. The van der Waals surface area contributed by atoms with E-state index in [0.717, 1.165) is 32.7 Å². The van der Waals surface area contributed by atoms with Gasteiger partial charge in [-0.1, -0.05) is 78.9 Å². The molecule has 0 saturated heterocycles. The van der Waals surface area contributed by atoms with Crippen LogP contribution >= 0.6 is 0 Å². The predicted molar refractivity (Wildman–Crippen MR) is 132 cm³/mol. The molecular formula is C28H28N2O5. The lowest BCUT2D eigenvalue weighted by Gasteiger charge is -2.27. The van der Waals surface area contributed by atoms with Crippen LogP contribution in [0, 0.1) is 0 Å². The highest BCUT2D eigenvalue weighted by molar-refractivity contribution is 5.89. The number of alkyl carbamates (subject to hydrolysis) is 1. The van der Waals surface area contributed by atoms with Gasteiger partial charge in [0.05, 0.1) is 0 Å². The van der Waals surface area contributed by atoms with Gasteiger partial charge >= 0.3 is 12.1 Å². The van der Waals surface area contributed by atoms with E-state index in [0.29, 0.717) is 0 Å². The molecule has 0 radical (unpaired) electrons. The number of benzene rings is 3. The highest BCUT2D eigenvalue weighted by Gasteiger charge is 2.32. The van der Waals surface area contributed by atoms with Crippen molar-refractivity contribution in [1.29, 1.82) is 0 Å². The molecule has 4 rings (SSSR count). The van der Waals surface area contributed by atoms with Crippen LogP contribution in [0.3, 0.4) is 0 Å². The summed E-state index contributed by atoms with van der Waals surface area (Å²) < 4.78 is 5.61. The molecule has 0 spiro atoms. The number of nitrogens with zero attached hydrogens (tertiary/aromatic N) is 1. The molecule has 180 valence electrons. The van der Waals surface area contributed by atoms with Gasteiger partial charge in [-0.3, -0.25) is 4.79 Å². The van der Waals surface area contributed by atoms with Crippen LogP contribution in [0.4, 0.5) is 4.79 Å². The number of hydrogen-bond donors (Lipinski definition) is 2. The largest absolute Gasteiger partial charge is 0.480 e. The van der Waals surface area contributed by atoms with E-state index in [-0.39, 0.29) is 18.9 Å². The first-order valence-electron chi connectivity index (χ1n) is 11.5. The molecule has 0 heterocycles. The maximum absolute atomic E-state index is 13.1. The number of nitrogens with one attached hydrogen (secondary N) is 1. The van der Waals surface area contributed by atoms with E-state index in [4.69, 9.17) is 4.74 Å². The Labute approximate surface area is 204 Å². The number of likely N-dealkylation sites (N-methyl/N-ethyl adjacent to an activating group) is 1. The van der Waals surface area contributed by atoms with E-state index in [2.05, 4.69) is 17.4 Å². The SMILES string of the molecule is CC(C(=O)O)N(C)C(=O)C(Cc1ccccc1)NC(=O)OCC1c2ccccc2-c2ccccc21. The fraction of sp³-hybridized carbons (Fsp3) is 0.250. The molecule has 0 saturated carbocycles. The van der Waals surface area contributed by atoms with Crippen molar-refractivity contribution in [3.63, 3.8) is 0 Å². The van der Waals surface area contributed by atoms with Crippen molar-refractivity contribution in [3.05, 3.63) is 95.6 Å². The van der Waals surface area contributed by atoms with Crippen molar-refractivity contribution < 1.29 is 24.2 Å². The van der Waals surface area contributed by atoms with Gasteiger partial charge in [-0.25, -0.2) is 9.59 Å². The zero-order valence-corrected chi connectivity index (χ0v) is 19.7. The molecule has 1 aliphatic rings. The Hall–Kier alpha value is -4.13. The summed E-state index contributed by atoms with van der Waals surface area (Å²) in [6.45, 7) is 1.54. The Morgan fingerprint density at radius 3 is 2.03 bits per heavy atom. The number of amides is 2. The van der Waals surface area contributed by atoms with Crippen molar-refractivity contribution in [2.75, 3.05) is 13.7 Å². The van der Waals surface area contributed by atoms with E-state index in [1.54, 1.807) is 0 Å². The zero-order valence-electron chi connectivity index (χ0n) is 19.7. The monoisotopic (exact) mass is 472 g/mol. The quantitative estimate of drug-likeness (QED) is 0.515. The normalized spacial score (nSPS) is 13.8.